The molecule has 0 spiro atoms. The van der Waals surface area contributed by atoms with Crippen molar-refractivity contribution < 1.29 is 13.5 Å². The molecule has 1 saturated heterocycles. The van der Waals surface area contributed by atoms with Crippen LogP contribution < -0.4 is 4.31 Å². The highest BCUT2D eigenvalue weighted by molar-refractivity contribution is 7.92. The van der Waals surface area contributed by atoms with E-state index in [4.69, 9.17) is 0 Å². The zero-order valence-corrected chi connectivity index (χ0v) is 18.3. The maximum absolute atomic E-state index is 13.6. The van der Waals surface area contributed by atoms with E-state index in [1.165, 1.54) is 25.7 Å². The zero-order chi connectivity index (χ0) is 20.9. The van der Waals surface area contributed by atoms with Crippen LogP contribution in [0.5, 0.6) is 0 Å². The molecule has 3 aliphatic rings. The van der Waals surface area contributed by atoms with Crippen molar-refractivity contribution in [1.29, 1.82) is 0 Å². The summed E-state index contributed by atoms with van der Waals surface area (Å²) in [6, 6.07) is 15.2. The van der Waals surface area contributed by atoms with Crippen molar-refractivity contribution in [2.75, 3.05) is 24.0 Å². The third-order valence-electron chi connectivity index (χ3n) is 7.31. The number of benzene rings is 2. The van der Waals surface area contributed by atoms with Crippen LogP contribution >= 0.6 is 0 Å². The molecule has 2 aromatic rings. The molecule has 2 aliphatic heterocycles. The Morgan fingerprint density at radius 2 is 1.83 bits per heavy atom. The van der Waals surface area contributed by atoms with Gasteiger partial charge in [0.2, 0.25) is 0 Å². The van der Waals surface area contributed by atoms with Crippen LogP contribution in [0.2, 0.25) is 0 Å². The van der Waals surface area contributed by atoms with Crippen LogP contribution in [0.3, 0.4) is 0 Å². The molecule has 2 heterocycles. The number of hydrogen-bond acceptors (Lipinski definition) is 4. The Balaban J connectivity index is 1.52. The topological polar surface area (TPSA) is 60.9 Å². The highest BCUT2D eigenvalue weighted by Gasteiger charge is 2.54. The second kappa shape index (κ2) is 7.66. The Morgan fingerprint density at radius 1 is 1.07 bits per heavy atom. The molecule has 160 valence electrons. The van der Waals surface area contributed by atoms with Gasteiger partial charge in [0.15, 0.2) is 0 Å². The summed E-state index contributed by atoms with van der Waals surface area (Å²) in [6.45, 7) is 3.45. The number of sulfonamides is 1. The summed E-state index contributed by atoms with van der Waals surface area (Å²) in [7, 11) is -3.65. The Labute approximate surface area is 179 Å². The van der Waals surface area contributed by atoms with Gasteiger partial charge >= 0.3 is 0 Å². The summed E-state index contributed by atoms with van der Waals surface area (Å²) >= 11 is 0. The van der Waals surface area contributed by atoms with Crippen LogP contribution in [0.4, 0.5) is 5.69 Å². The third-order valence-corrected chi connectivity index (χ3v) is 9.08. The van der Waals surface area contributed by atoms with Crippen molar-refractivity contribution in [1.82, 2.24) is 4.90 Å². The third kappa shape index (κ3) is 3.17. The highest BCUT2D eigenvalue weighted by atomic mass is 32.2. The Bertz CT molecular complexity index is 1030. The van der Waals surface area contributed by atoms with Crippen LogP contribution in [0, 0.1) is 12.8 Å². The lowest BCUT2D eigenvalue weighted by Gasteiger charge is -2.59. The molecule has 1 saturated carbocycles. The van der Waals surface area contributed by atoms with Gasteiger partial charge in [-0.15, -0.1) is 0 Å². The Kier molecular flexibility index (Phi) is 5.12. The van der Waals surface area contributed by atoms with Crippen LogP contribution in [0.15, 0.2) is 53.4 Å². The van der Waals surface area contributed by atoms with Gasteiger partial charge in [0.25, 0.3) is 10.0 Å². The molecule has 1 aliphatic carbocycles. The lowest BCUT2D eigenvalue weighted by molar-refractivity contribution is -0.0502. The normalized spacial score (nSPS) is 26.9. The minimum Gasteiger partial charge on any atom is -0.395 e. The molecular formula is C24H30N2O3S. The first kappa shape index (κ1) is 20.0. The number of nitrogens with zero attached hydrogens (tertiary/aromatic N) is 2. The van der Waals surface area contributed by atoms with Crippen LogP contribution in [-0.2, 0) is 10.0 Å². The Morgan fingerprint density at radius 3 is 2.57 bits per heavy atom. The number of para-hydroxylation sites is 1. The molecule has 5 nitrogen and oxygen atoms in total. The number of aliphatic hydroxyl groups excluding tert-OH is 1. The monoisotopic (exact) mass is 426 g/mol. The van der Waals surface area contributed by atoms with Gasteiger partial charge in [-0.1, -0.05) is 43.2 Å². The smallest absolute Gasteiger partial charge is 0.264 e. The fourth-order valence-electron chi connectivity index (χ4n) is 5.82. The molecule has 0 radical (unpaired) electrons. The molecule has 0 unspecified atom stereocenters. The minimum absolute atomic E-state index is 0.0839. The molecule has 30 heavy (non-hydrogen) atoms. The minimum atomic E-state index is -3.65. The molecule has 1 N–H and O–H groups in total. The van der Waals surface area contributed by atoms with Crippen LogP contribution in [0.1, 0.15) is 42.7 Å². The van der Waals surface area contributed by atoms with Crippen molar-refractivity contribution >= 4 is 15.7 Å². The van der Waals surface area contributed by atoms with Gasteiger partial charge in [-0.2, -0.15) is 0 Å². The predicted octanol–water partition coefficient (Wildman–Crippen LogP) is 3.52. The van der Waals surface area contributed by atoms with Gasteiger partial charge in [0.05, 0.1) is 23.7 Å². The first-order valence-corrected chi connectivity index (χ1v) is 12.5. The number of aryl methyl sites for hydroxylation is 1. The highest BCUT2D eigenvalue weighted by Crippen LogP contribution is 2.50. The first-order valence-electron chi connectivity index (χ1n) is 11.1. The number of likely N-dealkylation sites (tertiary alicyclic amines) is 1. The molecule has 2 fully saturated rings. The van der Waals surface area contributed by atoms with Gasteiger partial charge in [0, 0.05) is 24.5 Å². The molecule has 6 heteroatoms. The summed E-state index contributed by atoms with van der Waals surface area (Å²) in [5, 5.41) is 10.2. The molecule has 3 atom stereocenters. The first-order chi connectivity index (χ1) is 14.5. The molecule has 0 aromatic heterocycles. The van der Waals surface area contributed by atoms with E-state index in [9.17, 15) is 13.5 Å². The van der Waals surface area contributed by atoms with Crippen molar-refractivity contribution in [3.63, 3.8) is 0 Å². The SMILES string of the molecule is Cc1cccc(S(=O)(=O)N2C[C@H]3[C@@H](c4ccccc42)[C@@H](CO)N3CC2CCCC2)c1. The van der Waals surface area contributed by atoms with E-state index in [0.29, 0.717) is 17.4 Å². The summed E-state index contributed by atoms with van der Waals surface area (Å²) in [5.74, 6) is 0.857. The van der Waals surface area contributed by atoms with E-state index < -0.39 is 10.0 Å². The van der Waals surface area contributed by atoms with E-state index in [1.807, 2.05) is 37.3 Å². The van der Waals surface area contributed by atoms with Crippen molar-refractivity contribution in [2.45, 2.75) is 55.5 Å². The summed E-state index contributed by atoms with van der Waals surface area (Å²) in [4.78, 5) is 2.73. The maximum atomic E-state index is 13.6. The molecule has 0 bridgehead atoms. The fourth-order valence-corrected chi connectivity index (χ4v) is 7.44. The van der Waals surface area contributed by atoms with Gasteiger partial charge in [-0.05, 0) is 55.0 Å². The second-order valence-electron chi connectivity index (χ2n) is 9.10. The van der Waals surface area contributed by atoms with Crippen molar-refractivity contribution in [3.8, 4) is 0 Å². The lowest BCUT2D eigenvalue weighted by atomic mass is 9.72. The van der Waals surface area contributed by atoms with E-state index in [2.05, 4.69) is 4.90 Å². The van der Waals surface area contributed by atoms with E-state index in [0.717, 1.165) is 23.4 Å². The number of rotatable bonds is 5. The van der Waals surface area contributed by atoms with E-state index >= 15 is 0 Å². The second-order valence-corrected chi connectivity index (χ2v) is 11.0. The van der Waals surface area contributed by atoms with Gasteiger partial charge in [-0.25, -0.2) is 8.42 Å². The predicted molar refractivity (Wildman–Crippen MR) is 118 cm³/mol. The summed E-state index contributed by atoms with van der Waals surface area (Å²) < 4.78 is 28.9. The van der Waals surface area contributed by atoms with Gasteiger partial charge in [-0.3, -0.25) is 9.21 Å². The maximum Gasteiger partial charge on any atom is 0.264 e. The average molecular weight is 427 g/mol. The largest absolute Gasteiger partial charge is 0.395 e. The molecule has 5 rings (SSSR count). The summed E-state index contributed by atoms with van der Waals surface area (Å²) in [6.07, 6.45) is 5.06. The van der Waals surface area contributed by atoms with E-state index in [-0.39, 0.29) is 24.6 Å². The van der Waals surface area contributed by atoms with Crippen molar-refractivity contribution in [2.24, 2.45) is 5.92 Å². The van der Waals surface area contributed by atoms with Crippen LogP contribution in [0.25, 0.3) is 0 Å². The number of aliphatic hydroxyl groups is 1. The standard InChI is InChI=1S/C24H30N2O3S/c1-17-7-6-10-19(13-17)30(28,29)26-15-22-24(20-11-4-5-12-21(20)26)23(16-27)25(22)14-18-8-2-3-9-18/h4-7,10-13,18,22-24,27H,2-3,8-9,14-16H2,1H3/t22-,23+,24+/m0/s1. The Hall–Kier alpha value is -1.89. The number of anilines is 1. The van der Waals surface area contributed by atoms with Gasteiger partial charge in [0.1, 0.15) is 0 Å². The quantitative estimate of drug-likeness (QED) is 0.795. The lowest BCUT2D eigenvalue weighted by Crippen LogP contribution is -2.69. The van der Waals surface area contributed by atoms with Gasteiger partial charge < -0.3 is 5.11 Å². The summed E-state index contributed by atoms with van der Waals surface area (Å²) in [5.41, 5.74) is 2.75. The molecule has 0 amide bonds. The van der Waals surface area contributed by atoms with Crippen molar-refractivity contribution in [3.05, 3.63) is 59.7 Å². The zero-order valence-electron chi connectivity index (χ0n) is 17.4. The fraction of sp³-hybridized carbons (Fsp3) is 0.500. The number of hydrogen-bond donors (Lipinski definition) is 1. The van der Waals surface area contributed by atoms with E-state index in [1.54, 1.807) is 22.5 Å². The van der Waals surface area contributed by atoms with Crippen LogP contribution in [-0.4, -0.2) is 50.2 Å². The average Bonchev–Trinajstić information content (AvgIpc) is 3.25. The molecule has 2 aromatic carbocycles. The molecular weight excluding hydrogens is 396 g/mol. The number of fused-ring (bicyclic) bond motifs is 3.